The summed E-state index contributed by atoms with van der Waals surface area (Å²) in [5.41, 5.74) is 0.708. The zero-order valence-corrected chi connectivity index (χ0v) is 18.6. The first-order chi connectivity index (χ1) is 14.5. The number of halogens is 16. The molecule has 1 aromatic rings. The van der Waals surface area contributed by atoms with Crippen molar-refractivity contribution in [2.24, 2.45) is 0 Å². The summed E-state index contributed by atoms with van der Waals surface area (Å²) < 4.78 is 196. The van der Waals surface area contributed by atoms with Crippen molar-refractivity contribution in [3.8, 4) is 0 Å². The Bertz CT molecular complexity index is 769. The largest absolute Gasteiger partial charge is 0.460 e. The van der Waals surface area contributed by atoms with Crippen LogP contribution in [0.5, 0.6) is 0 Å². The molecule has 1 unspecified atom stereocenters. The van der Waals surface area contributed by atoms with E-state index in [1.165, 1.54) is 11.3 Å². The van der Waals surface area contributed by atoms with Gasteiger partial charge in [-0.25, -0.2) is 0 Å². The molecule has 17 heteroatoms. The maximum atomic E-state index is 13.9. The van der Waals surface area contributed by atoms with Crippen molar-refractivity contribution >= 4 is 33.9 Å². The van der Waals surface area contributed by atoms with E-state index in [1.54, 1.807) is 16.8 Å². The number of thiophene rings is 1. The van der Waals surface area contributed by atoms with Crippen LogP contribution in [0.15, 0.2) is 16.8 Å². The van der Waals surface area contributed by atoms with Crippen molar-refractivity contribution in [3.63, 3.8) is 0 Å². The van der Waals surface area contributed by atoms with E-state index in [9.17, 15) is 65.9 Å². The molecule has 0 aliphatic heterocycles. The summed E-state index contributed by atoms with van der Waals surface area (Å²) in [7, 11) is 0. The molecule has 0 fully saturated rings. The number of hydrogen-bond acceptors (Lipinski definition) is 1. The lowest BCUT2D eigenvalue weighted by Gasteiger charge is -2.41. The van der Waals surface area contributed by atoms with Gasteiger partial charge in [0, 0.05) is 10.3 Å². The lowest BCUT2D eigenvalue weighted by atomic mass is 9.89. The number of alkyl halides is 16. The van der Waals surface area contributed by atoms with Gasteiger partial charge in [0.05, 0.1) is 0 Å². The Balaban J connectivity index is 3.14. The van der Waals surface area contributed by atoms with Gasteiger partial charge in [0.1, 0.15) is 0 Å². The van der Waals surface area contributed by atoms with Gasteiger partial charge < -0.3 is 0 Å². The van der Waals surface area contributed by atoms with E-state index in [1.807, 2.05) is 0 Å². The third-order valence-corrected chi connectivity index (χ3v) is 6.23. The Hall–Kier alpha value is -0.620. The molecule has 0 bridgehead atoms. The smallest absolute Gasteiger partial charge is 0.200 e. The molecule has 0 nitrogen and oxygen atoms in total. The number of hydrogen-bond donors (Lipinski definition) is 0. The van der Waals surface area contributed by atoms with E-state index < -0.39 is 52.1 Å². The maximum Gasteiger partial charge on any atom is 0.460 e. The van der Waals surface area contributed by atoms with E-state index in [4.69, 9.17) is 0 Å². The lowest BCUT2D eigenvalue weighted by molar-refractivity contribution is -0.452. The highest BCUT2D eigenvalue weighted by Gasteiger charge is 2.93. The molecule has 0 spiro atoms. The predicted molar refractivity (Wildman–Crippen MR) is 95.4 cm³/mol. The van der Waals surface area contributed by atoms with Crippen molar-refractivity contribution in [3.05, 3.63) is 22.4 Å². The molecule has 1 heterocycles. The van der Waals surface area contributed by atoms with Crippen LogP contribution in [0.2, 0.25) is 0 Å². The van der Waals surface area contributed by atoms with Gasteiger partial charge >= 0.3 is 41.7 Å². The molecule has 0 radical (unpaired) electrons. The van der Waals surface area contributed by atoms with Crippen LogP contribution in [0.4, 0.5) is 65.9 Å². The molecule has 1 atom stereocenters. The summed E-state index contributed by atoms with van der Waals surface area (Å²) in [5.74, 6) is -46.0. The van der Waals surface area contributed by atoms with E-state index in [0.29, 0.717) is 5.56 Å². The Morgan fingerprint density at radius 1 is 0.697 bits per heavy atom. The molecular formula is C16H12F15IS. The second kappa shape index (κ2) is 9.44. The maximum absolute atomic E-state index is 13.9. The summed E-state index contributed by atoms with van der Waals surface area (Å²) in [5, 5.41) is 3.29. The SMILES string of the molecule is FC(F)(F)C(F)(F)C(F)(F)C(F)(F)C(F)(F)C(F)(F)C(F)(F)CC(I)CCCc1ccsc1. The van der Waals surface area contributed by atoms with Crippen LogP contribution >= 0.6 is 33.9 Å². The Morgan fingerprint density at radius 2 is 1.15 bits per heavy atom. The van der Waals surface area contributed by atoms with Gasteiger partial charge in [0.2, 0.25) is 0 Å². The highest BCUT2D eigenvalue weighted by molar-refractivity contribution is 14.1. The molecule has 0 aliphatic rings. The first-order valence-corrected chi connectivity index (χ1v) is 10.6. The van der Waals surface area contributed by atoms with Crippen molar-refractivity contribution in [1.29, 1.82) is 0 Å². The second-order valence-electron chi connectivity index (χ2n) is 6.90. The molecular weight excluding hydrogens is 636 g/mol. The summed E-state index contributed by atoms with van der Waals surface area (Å²) >= 11 is 2.34. The van der Waals surface area contributed by atoms with Gasteiger partial charge in [0.25, 0.3) is 0 Å². The topological polar surface area (TPSA) is 0 Å². The highest BCUT2D eigenvalue weighted by atomic mass is 127. The quantitative estimate of drug-likeness (QED) is 0.128. The van der Waals surface area contributed by atoms with Crippen LogP contribution in [0.3, 0.4) is 0 Å². The third-order valence-electron chi connectivity index (χ3n) is 4.43. The fraction of sp³-hybridized carbons (Fsp3) is 0.750. The van der Waals surface area contributed by atoms with Gasteiger partial charge in [-0.1, -0.05) is 22.6 Å². The minimum Gasteiger partial charge on any atom is -0.200 e. The number of rotatable bonds is 11. The second-order valence-corrected chi connectivity index (χ2v) is 9.44. The molecule has 0 aliphatic carbocycles. The molecule has 33 heavy (non-hydrogen) atoms. The van der Waals surface area contributed by atoms with Crippen LogP contribution in [0.1, 0.15) is 24.8 Å². The average Bonchev–Trinajstić information content (AvgIpc) is 3.12. The average molecular weight is 648 g/mol. The fourth-order valence-corrected chi connectivity index (χ4v) is 4.17. The van der Waals surface area contributed by atoms with Gasteiger partial charge in [-0.2, -0.15) is 77.2 Å². The minimum absolute atomic E-state index is 0.0361. The summed E-state index contributed by atoms with van der Waals surface area (Å²) in [6.45, 7) is 0. The van der Waals surface area contributed by atoms with Gasteiger partial charge in [0.15, 0.2) is 0 Å². The van der Waals surface area contributed by atoms with Crippen LogP contribution in [-0.2, 0) is 6.42 Å². The number of aryl methyl sites for hydroxylation is 1. The molecule has 0 amide bonds. The Labute approximate surface area is 193 Å². The normalized spacial score (nSPS) is 16.2. The van der Waals surface area contributed by atoms with Crippen LogP contribution in [0.25, 0.3) is 0 Å². The fourth-order valence-electron chi connectivity index (χ4n) is 2.47. The molecule has 0 saturated heterocycles. The van der Waals surface area contributed by atoms with Crippen molar-refractivity contribution in [2.75, 3.05) is 0 Å². The minimum atomic E-state index is -8.23. The third kappa shape index (κ3) is 5.32. The molecule has 1 aromatic heterocycles. The summed E-state index contributed by atoms with van der Waals surface area (Å²) in [6.07, 6.45) is -9.96. The zero-order chi connectivity index (χ0) is 26.3. The first kappa shape index (κ1) is 30.4. The molecule has 194 valence electrons. The lowest BCUT2D eigenvalue weighted by Crippen LogP contribution is -2.72. The van der Waals surface area contributed by atoms with E-state index in [2.05, 4.69) is 0 Å². The van der Waals surface area contributed by atoms with Crippen LogP contribution < -0.4 is 0 Å². The van der Waals surface area contributed by atoms with Gasteiger partial charge in [-0.05, 0) is 41.7 Å². The first-order valence-electron chi connectivity index (χ1n) is 8.46. The van der Waals surface area contributed by atoms with Gasteiger partial charge in [-0.15, -0.1) is 0 Å². The Kier molecular flexibility index (Phi) is 8.70. The monoisotopic (exact) mass is 648 g/mol. The van der Waals surface area contributed by atoms with Crippen molar-refractivity contribution in [1.82, 2.24) is 0 Å². The van der Waals surface area contributed by atoms with Crippen LogP contribution in [0, 0.1) is 0 Å². The van der Waals surface area contributed by atoms with E-state index in [-0.39, 0.29) is 19.3 Å². The van der Waals surface area contributed by atoms with Crippen molar-refractivity contribution in [2.45, 2.75) is 71.3 Å². The molecule has 0 saturated carbocycles. The predicted octanol–water partition coefficient (Wildman–Crippen LogP) is 8.64. The standard InChI is InChI=1S/C16H12F15IS/c17-10(18,6-9(32)3-1-2-8-4-5-33-7-8)11(19,20)12(21,22)13(23,24)14(25,26)15(27,28)16(29,30)31/h4-5,7,9H,1-3,6H2. The molecule has 0 N–H and O–H groups in total. The summed E-state index contributed by atoms with van der Waals surface area (Å²) in [6, 6.07) is 1.62. The van der Waals surface area contributed by atoms with E-state index in [0.717, 1.165) is 22.6 Å². The van der Waals surface area contributed by atoms with Gasteiger partial charge in [-0.3, -0.25) is 0 Å². The van der Waals surface area contributed by atoms with Crippen LogP contribution in [-0.4, -0.2) is 45.6 Å². The van der Waals surface area contributed by atoms with Crippen molar-refractivity contribution < 1.29 is 65.9 Å². The van der Waals surface area contributed by atoms with E-state index >= 15 is 0 Å². The summed E-state index contributed by atoms with van der Waals surface area (Å²) in [4.78, 5) is 0. The molecule has 0 aromatic carbocycles. The zero-order valence-electron chi connectivity index (χ0n) is 15.6. The Morgan fingerprint density at radius 3 is 1.58 bits per heavy atom. The molecule has 1 rings (SSSR count). The highest BCUT2D eigenvalue weighted by Crippen LogP contribution is 2.62.